The van der Waals surface area contributed by atoms with E-state index in [1.54, 1.807) is 0 Å². The van der Waals surface area contributed by atoms with Crippen LogP contribution in [0.2, 0.25) is 0 Å². The molecule has 96 valence electrons. The van der Waals surface area contributed by atoms with Crippen molar-refractivity contribution in [2.24, 2.45) is 0 Å². The Labute approximate surface area is 112 Å². The molecule has 6 nitrogen and oxygen atoms in total. The number of nitrogens with zero attached hydrogens (tertiary/aromatic N) is 2. The maximum Gasteiger partial charge on any atom is 0.364 e. The molecule has 1 amide bonds. The Balaban J connectivity index is 2.88. The predicted octanol–water partition coefficient (Wildman–Crippen LogP) is 2.45. The average Bonchev–Trinajstić information content (AvgIpc) is 2.28. The van der Waals surface area contributed by atoms with Gasteiger partial charge in [0.2, 0.25) is 0 Å². The van der Waals surface area contributed by atoms with E-state index in [0.29, 0.717) is 11.0 Å². The SMILES string of the molecule is CC(C)=CCNC(=O)c1cc([N+](=O)[O-])ncc1Br. The second-order valence-electron chi connectivity index (χ2n) is 3.77. The van der Waals surface area contributed by atoms with E-state index >= 15 is 0 Å². The van der Waals surface area contributed by atoms with E-state index in [1.165, 1.54) is 6.20 Å². The topological polar surface area (TPSA) is 85.1 Å². The molecule has 1 N–H and O–H groups in total. The minimum absolute atomic E-state index is 0.193. The molecule has 0 bridgehead atoms. The van der Waals surface area contributed by atoms with Crippen LogP contribution in [-0.4, -0.2) is 22.4 Å². The zero-order chi connectivity index (χ0) is 13.7. The summed E-state index contributed by atoms with van der Waals surface area (Å²) in [6.07, 6.45) is 3.09. The Morgan fingerprint density at radius 1 is 1.61 bits per heavy atom. The van der Waals surface area contributed by atoms with Crippen LogP contribution in [0.4, 0.5) is 5.82 Å². The van der Waals surface area contributed by atoms with Crippen molar-refractivity contribution >= 4 is 27.7 Å². The lowest BCUT2D eigenvalue weighted by Crippen LogP contribution is -2.24. The van der Waals surface area contributed by atoms with E-state index in [0.717, 1.165) is 11.6 Å². The van der Waals surface area contributed by atoms with Crippen LogP contribution in [-0.2, 0) is 0 Å². The number of amides is 1. The van der Waals surface area contributed by atoms with Gasteiger partial charge >= 0.3 is 5.82 Å². The number of rotatable bonds is 4. The third kappa shape index (κ3) is 3.92. The van der Waals surface area contributed by atoms with E-state index in [2.05, 4.69) is 26.2 Å². The fraction of sp³-hybridized carbons (Fsp3) is 0.273. The molecule has 0 saturated heterocycles. The average molecular weight is 314 g/mol. The molecule has 0 radical (unpaired) electrons. The van der Waals surface area contributed by atoms with Crippen molar-refractivity contribution in [3.8, 4) is 0 Å². The molecule has 0 unspecified atom stereocenters. The van der Waals surface area contributed by atoms with Gasteiger partial charge in [0.15, 0.2) is 6.20 Å². The van der Waals surface area contributed by atoms with Crippen molar-refractivity contribution in [2.45, 2.75) is 13.8 Å². The first-order valence-corrected chi connectivity index (χ1v) is 5.92. The molecular formula is C11H12BrN3O3. The van der Waals surface area contributed by atoms with E-state index in [-0.39, 0.29) is 17.3 Å². The van der Waals surface area contributed by atoms with E-state index in [9.17, 15) is 14.9 Å². The third-order valence-electron chi connectivity index (χ3n) is 2.05. The number of hydrogen-bond acceptors (Lipinski definition) is 4. The van der Waals surface area contributed by atoms with Crippen LogP contribution in [0.5, 0.6) is 0 Å². The Bertz CT molecular complexity index is 510. The largest absolute Gasteiger partial charge is 0.364 e. The highest BCUT2D eigenvalue weighted by atomic mass is 79.9. The summed E-state index contributed by atoms with van der Waals surface area (Å²) in [7, 11) is 0. The lowest BCUT2D eigenvalue weighted by Gasteiger charge is -2.04. The zero-order valence-corrected chi connectivity index (χ0v) is 11.5. The number of hydrogen-bond donors (Lipinski definition) is 1. The first kappa shape index (κ1) is 14.3. The van der Waals surface area contributed by atoms with Gasteiger partial charge in [0.25, 0.3) is 5.91 Å². The molecule has 1 rings (SSSR count). The van der Waals surface area contributed by atoms with E-state index in [1.807, 2.05) is 19.9 Å². The van der Waals surface area contributed by atoms with Crippen LogP contribution < -0.4 is 5.32 Å². The number of pyridine rings is 1. The summed E-state index contributed by atoms with van der Waals surface area (Å²) >= 11 is 3.14. The molecule has 1 heterocycles. The van der Waals surface area contributed by atoms with Gasteiger partial charge in [0.05, 0.1) is 10.0 Å². The molecule has 0 atom stereocenters. The quantitative estimate of drug-likeness (QED) is 0.525. The maximum atomic E-state index is 11.8. The molecule has 1 aromatic rings. The molecule has 0 aliphatic carbocycles. The number of halogens is 1. The summed E-state index contributed by atoms with van der Waals surface area (Å²) in [6.45, 7) is 4.21. The van der Waals surface area contributed by atoms with Gasteiger partial charge in [-0.25, -0.2) is 0 Å². The third-order valence-corrected chi connectivity index (χ3v) is 2.68. The lowest BCUT2D eigenvalue weighted by molar-refractivity contribution is -0.389. The number of nitro groups is 1. The first-order chi connectivity index (χ1) is 8.41. The number of allylic oxidation sites excluding steroid dienone is 1. The van der Waals surface area contributed by atoms with Crippen LogP contribution in [0, 0.1) is 10.1 Å². The molecule has 7 heteroatoms. The highest BCUT2D eigenvalue weighted by Gasteiger charge is 2.16. The predicted molar refractivity (Wildman–Crippen MR) is 70.4 cm³/mol. The highest BCUT2D eigenvalue weighted by Crippen LogP contribution is 2.19. The number of nitrogens with one attached hydrogen (secondary N) is 1. The molecule has 18 heavy (non-hydrogen) atoms. The molecule has 0 spiro atoms. The number of carbonyl (C=O) groups is 1. The summed E-state index contributed by atoms with van der Waals surface area (Å²) < 4.78 is 0.419. The maximum absolute atomic E-state index is 11.8. The van der Waals surface area contributed by atoms with Crippen LogP contribution in [0.25, 0.3) is 0 Å². The molecule has 0 saturated carbocycles. The summed E-state index contributed by atoms with van der Waals surface area (Å²) in [5.74, 6) is -0.740. The minimum Gasteiger partial charge on any atom is -0.358 e. The van der Waals surface area contributed by atoms with Crippen molar-refractivity contribution in [2.75, 3.05) is 6.54 Å². The van der Waals surface area contributed by atoms with Crippen LogP contribution in [0.1, 0.15) is 24.2 Å². The second kappa shape index (κ2) is 6.25. The summed E-state index contributed by atoms with van der Waals surface area (Å²) in [5.41, 5.74) is 1.27. The van der Waals surface area contributed by atoms with Crippen LogP contribution >= 0.6 is 15.9 Å². The molecule has 0 aliphatic heterocycles. The van der Waals surface area contributed by atoms with Gasteiger partial charge < -0.3 is 15.4 Å². The van der Waals surface area contributed by atoms with Gasteiger partial charge in [-0.3, -0.25) is 4.79 Å². The fourth-order valence-corrected chi connectivity index (χ4v) is 1.54. The van der Waals surface area contributed by atoms with Gasteiger partial charge in [0, 0.05) is 12.6 Å². The summed E-state index contributed by atoms with van der Waals surface area (Å²) in [4.78, 5) is 25.3. The van der Waals surface area contributed by atoms with Gasteiger partial charge in [0.1, 0.15) is 0 Å². The summed E-state index contributed by atoms with van der Waals surface area (Å²) in [5, 5.41) is 13.2. The minimum atomic E-state index is -0.640. The molecule has 0 aromatic carbocycles. The van der Waals surface area contributed by atoms with E-state index in [4.69, 9.17) is 0 Å². The van der Waals surface area contributed by atoms with Crippen molar-refractivity contribution in [1.82, 2.24) is 10.3 Å². The van der Waals surface area contributed by atoms with Gasteiger partial charge in [-0.15, -0.1) is 0 Å². The normalized spacial score (nSPS) is 9.72. The van der Waals surface area contributed by atoms with Crippen LogP contribution in [0.3, 0.4) is 0 Å². The molecule has 0 aliphatic rings. The molecular weight excluding hydrogens is 302 g/mol. The Hall–Kier alpha value is -1.76. The smallest absolute Gasteiger partial charge is 0.358 e. The highest BCUT2D eigenvalue weighted by molar-refractivity contribution is 9.10. The fourth-order valence-electron chi connectivity index (χ4n) is 1.14. The Morgan fingerprint density at radius 3 is 2.83 bits per heavy atom. The lowest BCUT2D eigenvalue weighted by atomic mass is 10.2. The van der Waals surface area contributed by atoms with Gasteiger partial charge in [-0.2, -0.15) is 0 Å². The van der Waals surface area contributed by atoms with Crippen molar-refractivity contribution in [1.29, 1.82) is 0 Å². The Kier molecular flexibility index (Phi) is 4.96. The number of aromatic nitrogens is 1. The molecule has 1 aromatic heterocycles. The van der Waals surface area contributed by atoms with Crippen LogP contribution in [0.15, 0.2) is 28.4 Å². The zero-order valence-electron chi connectivity index (χ0n) is 9.94. The van der Waals surface area contributed by atoms with Crippen molar-refractivity contribution in [3.05, 3.63) is 44.1 Å². The van der Waals surface area contributed by atoms with Crippen molar-refractivity contribution < 1.29 is 9.72 Å². The van der Waals surface area contributed by atoms with Crippen molar-refractivity contribution in [3.63, 3.8) is 0 Å². The van der Waals surface area contributed by atoms with Gasteiger partial charge in [-0.1, -0.05) is 11.6 Å². The first-order valence-electron chi connectivity index (χ1n) is 5.13. The van der Waals surface area contributed by atoms with Gasteiger partial charge in [-0.05, 0) is 39.7 Å². The Morgan fingerprint density at radius 2 is 2.28 bits per heavy atom. The standard InChI is InChI=1S/C11H12BrN3O3/c1-7(2)3-4-13-11(16)8-5-10(15(17)18)14-6-9(8)12/h3,5-6H,4H2,1-2H3,(H,13,16). The number of carbonyl (C=O) groups excluding carboxylic acids is 1. The summed E-state index contributed by atoms with van der Waals surface area (Å²) in [6, 6.07) is 1.14. The second-order valence-corrected chi connectivity index (χ2v) is 4.63. The monoisotopic (exact) mass is 313 g/mol. The molecule has 0 fully saturated rings. The van der Waals surface area contributed by atoms with E-state index < -0.39 is 4.92 Å².